The van der Waals surface area contributed by atoms with Crippen molar-refractivity contribution < 1.29 is 17.9 Å². The van der Waals surface area contributed by atoms with Crippen molar-refractivity contribution in [2.75, 3.05) is 0 Å². The van der Waals surface area contributed by atoms with Crippen molar-refractivity contribution in [2.24, 2.45) is 29.6 Å². The number of benzene rings is 1. The van der Waals surface area contributed by atoms with Crippen molar-refractivity contribution in [3.63, 3.8) is 0 Å². The van der Waals surface area contributed by atoms with Gasteiger partial charge in [-0.15, -0.1) is 0 Å². The van der Waals surface area contributed by atoms with Gasteiger partial charge in [0.25, 0.3) is 0 Å². The molecule has 0 bridgehead atoms. The number of fused-ring (bicyclic) bond motifs is 1. The van der Waals surface area contributed by atoms with Crippen molar-refractivity contribution in [3.8, 4) is 5.75 Å². The van der Waals surface area contributed by atoms with Gasteiger partial charge in [-0.05, 0) is 111 Å². The van der Waals surface area contributed by atoms with Crippen LogP contribution in [0.15, 0.2) is 18.2 Å². The fourth-order valence-corrected chi connectivity index (χ4v) is 7.64. The SMILES string of the molecule is CCCCCCCC1CCC2CC(C3CCC(c4ccc(OC(F)F)c(F)c4)CC3)CCC2C1. The van der Waals surface area contributed by atoms with Crippen LogP contribution in [0.25, 0.3) is 0 Å². The van der Waals surface area contributed by atoms with Gasteiger partial charge in [0.1, 0.15) is 0 Å². The molecule has 0 amide bonds. The molecule has 0 radical (unpaired) electrons. The molecule has 3 saturated carbocycles. The number of hydrogen-bond acceptors (Lipinski definition) is 1. The number of ether oxygens (including phenoxy) is 1. The number of alkyl halides is 2. The molecule has 0 saturated heterocycles. The Labute approximate surface area is 205 Å². The zero-order valence-electron chi connectivity index (χ0n) is 21.1. The van der Waals surface area contributed by atoms with Gasteiger partial charge in [0.05, 0.1) is 0 Å². The van der Waals surface area contributed by atoms with E-state index >= 15 is 0 Å². The average Bonchev–Trinajstić information content (AvgIpc) is 2.84. The van der Waals surface area contributed by atoms with E-state index in [0.29, 0.717) is 5.92 Å². The van der Waals surface area contributed by atoms with Crippen LogP contribution in [0, 0.1) is 35.4 Å². The maximum Gasteiger partial charge on any atom is 0.387 e. The Balaban J connectivity index is 1.20. The van der Waals surface area contributed by atoms with E-state index in [1.165, 1.54) is 102 Å². The van der Waals surface area contributed by atoms with Gasteiger partial charge >= 0.3 is 6.61 Å². The monoisotopic (exact) mass is 478 g/mol. The van der Waals surface area contributed by atoms with E-state index in [4.69, 9.17) is 0 Å². The highest BCUT2D eigenvalue weighted by atomic mass is 19.3. The number of rotatable bonds is 10. The molecule has 0 aliphatic heterocycles. The van der Waals surface area contributed by atoms with E-state index in [1.807, 2.05) is 0 Å². The summed E-state index contributed by atoms with van der Waals surface area (Å²) in [5, 5.41) is 0. The summed E-state index contributed by atoms with van der Waals surface area (Å²) in [7, 11) is 0. The summed E-state index contributed by atoms with van der Waals surface area (Å²) >= 11 is 0. The van der Waals surface area contributed by atoms with Crippen molar-refractivity contribution in [3.05, 3.63) is 29.6 Å². The molecule has 4 heteroatoms. The first kappa shape index (κ1) is 25.9. The smallest absolute Gasteiger partial charge is 0.387 e. The number of hydrogen-bond donors (Lipinski definition) is 0. The minimum Gasteiger partial charge on any atom is -0.432 e. The van der Waals surface area contributed by atoms with E-state index in [1.54, 1.807) is 6.07 Å². The molecule has 0 N–H and O–H groups in total. The van der Waals surface area contributed by atoms with Crippen LogP contribution in [-0.2, 0) is 0 Å². The second kappa shape index (κ2) is 12.7. The summed E-state index contributed by atoms with van der Waals surface area (Å²) in [6.45, 7) is -0.698. The van der Waals surface area contributed by atoms with Crippen LogP contribution in [0.2, 0.25) is 0 Å². The fourth-order valence-electron chi connectivity index (χ4n) is 7.64. The van der Waals surface area contributed by atoms with Crippen LogP contribution in [0.3, 0.4) is 0 Å². The molecular formula is C30H45F3O. The minimum atomic E-state index is -2.99. The predicted molar refractivity (Wildman–Crippen MR) is 133 cm³/mol. The molecule has 0 spiro atoms. The summed E-state index contributed by atoms with van der Waals surface area (Å²) in [5.74, 6) is 3.96. The molecule has 0 heterocycles. The van der Waals surface area contributed by atoms with E-state index in [-0.39, 0.29) is 5.75 Å². The van der Waals surface area contributed by atoms with Gasteiger partial charge in [0, 0.05) is 0 Å². The first-order valence-electron chi connectivity index (χ1n) is 14.3. The molecule has 1 aromatic rings. The minimum absolute atomic E-state index is 0.343. The van der Waals surface area contributed by atoms with Crippen molar-refractivity contribution in [1.29, 1.82) is 0 Å². The molecule has 4 unspecified atom stereocenters. The average molecular weight is 479 g/mol. The van der Waals surface area contributed by atoms with E-state index < -0.39 is 12.4 Å². The van der Waals surface area contributed by atoms with Gasteiger partial charge in [-0.2, -0.15) is 8.78 Å². The summed E-state index contributed by atoms with van der Waals surface area (Å²) in [5.41, 5.74) is 0.939. The highest BCUT2D eigenvalue weighted by molar-refractivity contribution is 5.31. The van der Waals surface area contributed by atoms with Crippen LogP contribution in [0.4, 0.5) is 13.2 Å². The molecule has 192 valence electrons. The van der Waals surface area contributed by atoms with E-state index in [0.717, 1.165) is 48.0 Å². The summed E-state index contributed by atoms with van der Waals surface area (Å²) in [6, 6.07) is 4.56. The quantitative estimate of drug-likeness (QED) is 0.304. The third kappa shape index (κ3) is 6.94. The Kier molecular flexibility index (Phi) is 9.65. The van der Waals surface area contributed by atoms with Gasteiger partial charge in [-0.1, -0.05) is 57.9 Å². The molecule has 3 aliphatic carbocycles. The van der Waals surface area contributed by atoms with Crippen molar-refractivity contribution >= 4 is 0 Å². The molecular weight excluding hydrogens is 433 g/mol. The van der Waals surface area contributed by atoms with E-state index in [2.05, 4.69) is 11.7 Å². The summed E-state index contributed by atoms with van der Waals surface area (Å²) in [4.78, 5) is 0. The van der Waals surface area contributed by atoms with Gasteiger partial charge in [-0.3, -0.25) is 0 Å². The van der Waals surface area contributed by atoms with Crippen molar-refractivity contribution in [2.45, 2.75) is 122 Å². The standard InChI is InChI=1S/C30H45F3O/c1-2-3-4-5-6-7-21-8-9-26-19-25(15-14-24(26)18-21)22-10-12-23(13-11-22)27-16-17-29(28(31)20-27)34-30(32)33/h16-17,20-26,30H,2-15,18-19H2,1H3. The predicted octanol–water partition coefficient (Wildman–Crippen LogP) is 9.89. The summed E-state index contributed by atoms with van der Waals surface area (Å²) in [6.07, 6.45) is 21.8. The second-order valence-corrected chi connectivity index (χ2v) is 11.7. The second-order valence-electron chi connectivity index (χ2n) is 11.7. The Bertz CT molecular complexity index is 743. The maximum atomic E-state index is 14.2. The first-order chi connectivity index (χ1) is 16.5. The number of halogens is 3. The lowest BCUT2D eigenvalue weighted by atomic mass is 9.60. The summed E-state index contributed by atoms with van der Waals surface area (Å²) < 4.78 is 43.2. The topological polar surface area (TPSA) is 9.23 Å². The third-order valence-electron chi connectivity index (χ3n) is 9.56. The molecule has 4 rings (SSSR count). The highest BCUT2D eigenvalue weighted by Crippen LogP contribution is 2.50. The van der Waals surface area contributed by atoms with Crippen LogP contribution in [0.5, 0.6) is 5.75 Å². The van der Waals surface area contributed by atoms with Crippen molar-refractivity contribution in [1.82, 2.24) is 0 Å². The Morgan fingerprint density at radius 2 is 1.44 bits per heavy atom. The Morgan fingerprint density at radius 3 is 2.15 bits per heavy atom. The first-order valence-corrected chi connectivity index (χ1v) is 14.3. The normalized spacial score (nSPS) is 31.9. The molecule has 4 atom stereocenters. The molecule has 34 heavy (non-hydrogen) atoms. The lowest BCUT2D eigenvalue weighted by molar-refractivity contribution is -0.0522. The zero-order chi connectivity index (χ0) is 23.9. The molecule has 3 fully saturated rings. The zero-order valence-corrected chi connectivity index (χ0v) is 21.1. The Morgan fingerprint density at radius 1 is 0.794 bits per heavy atom. The molecule has 3 aliphatic rings. The van der Waals surface area contributed by atoms with Gasteiger partial charge in [0.15, 0.2) is 11.6 Å². The third-order valence-corrected chi connectivity index (χ3v) is 9.56. The van der Waals surface area contributed by atoms with Crippen LogP contribution in [-0.4, -0.2) is 6.61 Å². The number of unbranched alkanes of at least 4 members (excludes halogenated alkanes) is 4. The lowest BCUT2D eigenvalue weighted by Crippen LogP contribution is -2.34. The Hall–Kier alpha value is -1.19. The van der Waals surface area contributed by atoms with Gasteiger partial charge in [-0.25, -0.2) is 4.39 Å². The van der Waals surface area contributed by atoms with E-state index in [9.17, 15) is 13.2 Å². The fraction of sp³-hybridized carbons (Fsp3) is 0.800. The van der Waals surface area contributed by atoms with Crippen LogP contribution < -0.4 is 4.74 Å². The maximum absolute atomic E-state index is 14.2. The van der Waals surface area contributed by atoms with Crippen LogP contribution >= 0.6 is 0 Å². The lowest BCUT2D eigenvalue weighted by Gasteiger charge is -2.45. The van der Waals surface area contributed by atoms with Gasteiger partial charge < -0.3 is 4.74 Å². The molecule has 1 nitrogen and oxygen atoms in total. The largest absolute Gasteiger partial charge is 0.432 e. The molecule has 1 aromatic carbocycles. The molecule has 0 aromatic heterocycles. The van der Waals surface area contributed by atoms with Gasteiger partial charge in [0.2, 0.25) is 0 Å². The van der Waals surface area contributed by atoms with Crippen LogP contribution in [0.1, 0.15) is 121 Å². The highest BCUT2D eigenvalue weighted by Gasteiger charge is 2.38.